The minimum Gasteiger partial charge on any atom is -0.393 e. The summed E-state index contributed by atoms with van der Waals surface area (Å²) in [6.07, 6.45) is 6.83. The molecule has 1 aromatic carbocycles. The number of aryl methyl sites for hydroxylation is 1. The van der Waals surface area contributed by atoms with Crippen LogP contribution < -0.4 is 5.32 Å². The molecule has 24 heavy (non-hydrogen) atoms. The van der Waals surface area contributed by atoms with Gasteiger partial charge in [-0.2, -0.15) is 0 Å². The van der Waals surface area contributed by atoms with Crippen LogP contribution in [0.1, 0.15) is 55.7 Å². The first kappa shape index (κ1) is 17.4. The third kappa shape index (κ3) is 4.37. The molecule has 3 atom stereocenters. The van der Waals surface area contributed by atoms with Gasteiger partial charge in [0.2, 0.25) is 5.91 Å². The van der Waals surface area contributed by atoms with Crippen molar-refractivity contribution < 1.29 is 9.90 Å². The Morgan fingerprint density at radius 3 is 2.88 bits per heavy atom. The van der Waals surface area contributed by atoms with E-state index in [4.69, 9.17) is 0 Å². The molecule has 4 nitrogen and oxygen atoms in total. The second kappa shape index (κ2) is 8.13. The molecule has 3 rings (SSSR count). The number of aliphatic hydroxyl groups excluding tert-OH is 1. The van der Waals surface area contributed by atoms with Crippen LogP contribution in [0.2, 0.25) is 0 Å². The molecule has 2 aliphatic rings. The fraction of sp³-hybridized carbons (Fsp3) is 0.650. The molecule has 1 saturated carbocycles. The van der Waals surface area contributed by atoms with Gasteiger partial charge in [0, 0.05) is 19.5 Å². The van der Waals surface area contributed by atoms with Crippen LogP contribution in [0, 0.1) is 5.92 Å². The maximum atomic E-state index is 12.3. The van der Waals surface area contributed by atoms with E-state index in [9.17, 15) is 9.90 Å². The zero-order valence-electron chi connectivity index (χ0n) is 14.7. The lowest BCUT2D eigenvalue weighted by Gasteiger charge is -2.27. The minimum absolute atomic E-state index is 0.135. The van der Waals surface area contributed by atoms with Crippen LogP contribution >= 0.6 is 0 Å². The monoisotopic (exact) mass is 330 g/mol. The van der Waals surface area contributed by atoms with Gasteiger partial charge in [0.25, 0.3) is 0 Å². The van der Waals surface area contributed by atoms with Crippen molar-refractivity contribution in [2.75, 3.05) is 20.1 Å². The lowest BCUT2D eigenvalue weighted by Crippen LogP contribution is -2.35. The molecule has 1 fully saturated rings. The molecular formula is C20H30N2O2. The van der Waals surface area contributed by atoms with Gasteiger partial charge in [-0.15, -0.1) is 0 Å². The van der Waals surface area contributed by atoms with E-state index in [-0.39, 0.29) is 18.1 Å². The van der Waals surface area contributed by atoms with Crippen molar-refractivity contribution in [1.29, 1.82) is 0 Å². The lowest BCUT2D eigenvalue weighted by molar-refractivity contribution is -0.122. The van der Waals surface area contributed by atoms with E-state index < -0.39 is 0 Å². The second-order valence-electron chi connectivity index (χ2n) is 7.48. The topological polar surface area (TPSA) is 52.6 Å². The Labute approximate surface area is 145 Å². The fourth-order valence-corrected chi connectivity index (χ4v) is 4.18. The van der Waals surface area contributed by atoms with Crippen LogP contribution in [0.15, 0.2) is 24.3 Å². The molecule has 0 heterocycles. The van der Waals surface area contributed by atoms with Crippen molar-refractivity contribution in [3.63, 3.8) is 0 Å². The number of nitrogens with zero attached hydrogens (tertiary/aromatic N) is 1. The highest BCUT2D eigenvalue weighted by Crippen LogP contribution is 2.29. The quantitative estimate of drug-likeness (QED) is 0.843. The highest BCUT2D eigenvalue weighted by Gasteiger charge is 2.26. The van der Waals surface area contributed by atoms with Gasteiger partial charge in [0.05, 0.1) is 12.1 Å². The van der Waals surface area contributed by atoms with Gasteiger partial charge in [0.1, 0.15) is 0 Å². The number of aliphatic hydroxyl groups is 1. The van der Waals surface area contributed by atoms with E-state index in [1.165, 1.54) is 11.1 Å². The van der Waals surface area contributed by atoms with Crippen molar-refractivity contribution in [3.05, 3.63) is 35.4 Å². The molecule has 4 heteroatoms. The van der Waals surface area contributed by atoms with Crippen LogP contribution in [-0.4, -0.2) is 42.2 Å². The van der Waals surface area contributed by atoms with Crippen molar-refractivity contribution in [2.24, 2.45) is 5.92 Å². The summed E-state index contributed by atoms with van der Waals surface area (Å²) in [7, 11) is 2.05. The predicted octanol–water partition coefficient (Wildman–Crippen LogP) is 2.66. The Kier molecular flexibility index (Phi) is 5.90. The number of benzene rings is 1. The first-order chi connectivity index (χ1) is 11.6. The van der Waals surface area contributed by atoms with Crippen LogP contribution in [0.5, 0.6) is 0 Å². The molecule has 2 aliphatic carbocycles. The molecule has 1 amide bonds. The molecule has 0 aliphatic heterocycles. The van der Waals surface area contributed by atoms with Crippen LogP contribution in [-0.2, 0) is 11.2 Å². The molecule has 3 unspecified atom stereocenters. The van der Waals surface area contributed by atoms with E-state index in [2.05, 4.69) is 34.5 Å². The van der Waals surface area contributed by atoms with Gasteiger partial charge in [-0.05, 0) is 56.2 Å². The number of fused-ring (bicyclic) bond motifs is 1. The molecule has 1 aromatic rings. The number of carbonyl (C=O) groups excluding carboxylic acids is 1. The smallest absolute Gasteiger partial charge is 0.221 e. The minimum atomic E-state index is -0.153. The largest absolute Gasteiger partial charge is 0.393 e. The van der Waals surface area contributed by atoms with Crippen molar-refractivity contribution in [2.45, 2.75) is 57.1 Å². The Morgan fingerprint density at radius 2 is 2.08 bits per heavy atom. The Balaban J connectivity index is 1.44. The van der Waals surface area contributed by atoms with Gasteiger partial charge >= 0.3 is 0 Å². The zero-order chi connectivity index (χ0) is 16.9. The summed E-state index contributed by atoms with van der Waals surface area (Å²) in [4.78, 5) is 14.5. The maximum Gasteiger partial charge on any atom is 0.221 e. The average Bonchev–Trinajstić information content (AvgIpc) is 2.98. The number of nitrogens with one attached hydrogen (secondary N) is 1. The molecular weight excluding hydrogens is 300 g/mol. The third-order valence-corrected chi connectivity index (χ3v) is 5.59. The average molecular weight is 330 g/mol. The van der Waals surface area contributed by atoms with Gasteiger partial charge in [-0.25, -0.2) is 0 Å². The zero-order valence-corrected chi connectivity index (χ0v) is 14.7. The summed E-state index contributed by atoms with van der Waals surface area (Å²) < 4.78 is 0. The highest BCUT2D eigenvalue weighted by molar-refractivity contribution is 5.76. The number of amides is 1. The Bertz CT molecular complexity index is 560. The molecule has 2 N–H and O–H groups in total. The molecule has 0 radical (unpaired) electrons. The number of hydrogen-bond donors (Lipinski definition) is 2. The number of carbonyl (C=O) groups is 1. The highest BCUT2D eigenvalue weighted by atomic mass is 16.3. The van der Waals surface area contributed by atoms with Gasteiger partial charge < -0.3 is 15.3 Å². The molecule has 0 saturated heterocycles. The van der Waals surface area contributed by atoms with E-state index >= 15 is 0 Å². The molecule has 132 valence electrons. The Morgan fingerprint density at radius 1 is 1.25 bits per heavy atom. The maximum absolute atomic E-state index is 12.3. The second-order valence-corrected chi connectivity index (χ2v) is 7.48. The molecule has 0 spiro atoms. The lowest BCUT2D eigenvalue weighted by atomic mass is 9.87. The summed E-state index contributed by atoms with van der Waals surface area (Å²) in [6, 6.07) is 8.63. The SMILES string of the molecule is CN(CCC(=O)NC1CCCc2ccccc21)CC1CCCC1O. The van der Waals surface area contributed by atoms with Crippen LogP contribution in [0.25, 0.3) is 0 Å². The van der Waals surface area contributed by atoms with Crippen LogP contribution in [0.4, 0.5) is 0 Å². The number of hydrogen-bond acceptors (Lipinski definition) is 3. The van der Waals surface area contributed by atoms with Crippen LogP contribution in [0.3, 0.4) is 0 Å². The normalized spacial score (nSPS) is 26.4. The van der Waals surface area contributed by atoms with Crippen molar-refractivity contribution in [1.82, 2.24) is 10.2 Å². The number of rotatable bonds is 6. The first-order valence-electron chi connectivity index (χ1n) is 9.37. The van der Waals surface area contributed by atoms with Crippen molar-refractivity contribution in [3.8, 4) is 0 Å². The summed E-state index contributed by atoms with van der Waals surface area (Å²) in [5, 5.41) is 13.1. The van der Waals surface area contributed by atoms with E-state index in [1.807, 2.05) is 7.05 Å². The third-order valence-electron chi connectivity index (χ3n) is 5.59. The molecule has 0 aromatic heterocycles. The Hall–Kier alpha value is -1.39. The van der Waals surface area contributed by atoms with E-state index in [0.717, 1.165) is 51.6 Å². The van der Waals surface area contributed by atoms with Gasteiger partial charge in [-0.3, -0.25) is 4.79 Å². The first-order valence-corrected chi connectivity index (χ1v) is 9.37. The van der Waals surface area contributed by atoms with E-state index in [0.29, 0.717) is 12.3 Å². The fourth-order valence-electron chi connectivity index (χ4n) is 4.18. The van der Waals surface area contributed by atoms with Gasteiger partial charge in [0.15, 0.2) is 0 Å². The summed E-state index contributed by atoms with van der Waals surface area (Å²) in [5.41, 5.74) is 2.67. The van der Waals surface area contributed by atoms with Gasteiger partial charge in [-0.1, -0.05) is 30.7 Å². The summed E-state index contributed by atoms with van der Waals surface area (Å²) in [6.45, 7) is 1.64. The van der Waals surface area contributed by atoms with Crippen molar-refractivity contribution >= 4 is 5.91 Å². The predicted molar refractivity (Wildman–Crippen MR) is 95.7 cm³/mol. The standard InChI is InChI=1S/C20H30N2O2/c1-22(14-16-8-5-11-19(16)23)13-12-20(24)21-18-10-4-7-15-6-2-3-9-17(15)18/h2-3,6,9,16,18-19,23H,4-5,7-8,10-14H2,1H3,(H,21,24). The molecule has 0 bridgehead atoms. The summed E-state index contributed by atoms with van der Waals surface area (Å²) in [5.74, 6) is 0.513. The van der Waals surface area contributed by atoms with E-state index in [1.54, 1.807) is 0 Å². The summed E-state index contributed by atoms with van der Waals surface area (Å²) >= 11 is 0.